The minimum absolute atomic E-state index is 0.162. The Morgan fingerprint density at radius 2 is 2.05 bits per heavy atom. The molecule has 0 atom stereocenters. The Kier molecular flexibility index (Phi) is 4.21. The molecule has 7 nitrogen and oxygen atoms in total. The van der Waals surface area contributed by atoms with Crippen molar-refractivity contribution in [3.8, 4) is 5.75 Å². The summed E-state index contributed by atoms with van der Waals surface area (Å²) in [6.07, 6.45) is 0.529. The van der Waals surface area contributed by atoms with Crippen molar-refractivity contribution in [2.45, 2.75) is 19.4 Å². The van der Waals surface area contributed by atoms with Crippen molar-refractivity contribution in [1.29, 1.82) is 0 Å². The molecule has 0 heterocycles. The summed E-state index contributed by atoms with van der Waals surface area (Å²) < 4.78 is 9.86. The SMILES string of the molecule is COC(=O)C(C)(C)Oc1cc(C=O)ccc1[N+](=O)[O-]. The second-order valence-corrected chi connectivity index (χ2v) is 4.21. The van der Waals surface area contributed by atoms with Gasteiger partial charge in [-0.05, 0) is 26.0 Å². The third kappa shape index (κ3) is 3.27. The number of hydrogen-bond acceptors (Lipinski definition) is 6. The first-order chi connectivity index (χ1) is 8.81. The highest BCUT2D eigenvalue weighted by Crippen LogP contribution is 2.31. The second-order valence-electron chi connectivity index (χ2n) is 4.21. The van der Waals surface area contributed by atoms with Crippen LogP contribution >= 0.6 is 0 Å². The average molecular weight is 267 g/mol. The topological polar surface area (TPSA) is 95.7 Å². The molecule has 0 aliphatic carbocycles. The molecule has 0 N–H and O–H groups in total. The van der Waals surface area contributed by atoms with E-state index in [0.29, 0.717) is 6.29 Å². The zero-order chi connectivity index (χ0) is 14.6. The van der Waals surface area contributed by atoms with Crippen LogP contribution < -0.4 is 4.74 Å². The first-order valence-electron chi connectivity index (χ1n) is 5.33. The van der Waals surface area contributed by atoms with Crippen molar-refractivity contribution in [3.63, 3.8) is 0 Å². The van der Waals surface area contributed by atoms with E-state index in [4.69, 9.17) is 4.74 Å². The summed E-state index contributed by atoms with van der Waals surface area (Å²) in [7, 11) is 1.18. The molecule has 0 aliphatic rings. The smallest absolute Gasteiger partial charge is 0.349 e. The second kappa shape index (κ2) is 5.47. The molecule has 102 valence electrons. The summed E-state index contributed by atoms with van der Waals surface area (Å²) in [5, 5.41) is 10.9. The zero-order valence-electron chi connectivity index (χ0n) is 10.7. The molecular formula is C12H13NO6. The van der Waals surface area contributed by atoms with Crippen LogP contribution in [0.15, 0.2) is 18.2 Å². The lowest BCUT2D eigenvalue weighted by atomic mass is 10.1. The number of benzene rings is 1. The fourth-order valence-corrected chi connectivity index (χ4v) is 1.40. The van der Waals surface area contributed by atoms with Crippen molar-refractivity contribution in [2.75, 3.05) is 7.11 Å². The summed E-state index contributed by atoms with van der Waals surface area (Å²) in [5.41, 5.74) is -1.52. The van der Waals surface area contributed by atoms with Crippen LogP contribution in [0.3, 0.4) is 0 Å². The number of nitrogens with zero attached hydrogens (tertiary/aromatic N) is 1. The number of hydrogen-bond donors (Lipinski definition) is 0. The van der Waals surface area contributed by atoms with Crippen molar-refractivity contribution in [2.24, 2.45) is 0 Å². The van der Waals surface area contributed by atoms with E-state index in [2.05, 4.69) is 4.74 Å². The predicted molar refractivity (Wildman–Crippen MR) is 65.2 cm³/mol. The van der Waals surface area contributed by atoms with Crippen LogP contribution in [-0.4, -0.2) is 29.9 Å². The minimum Gasteiger partial charge on any atom is -0.469 e. The van der Waals surface area contributed by atoms with Gasteiger partial charge >= 0.3 is 11.7 Å². The summed E-state index contributed by atoms with van der Waals surface area (Å²) in [5.74, 6) is -0.844. The standard InChI is InChI=1S/C12H13NO6/c1-12(2,11(15)18-3)19-10-6-8(7-14)4-5-9(10)13(16)17/h4-7H,1-3H3. The summed E-state index contributed by atoms with van der Waals surface area (Å²) in [6, 6.07) is 3.64. The molecule has 1 aromatic rings. The summed E-state index contributed by atoms with van der Waals surface area (Å²) in [4.78, 5) is 32.4. The van der Waals surface area contributed by atoms with Crippen LogP contribution in [0.25, 0.3) is 0 Å². The van der Waals surface area contributed by atoms with E-state index in [1.165, 1.54) is 33.1 Å². The molecule has 7 heteroatoms. The van der Waals surface area contributed by atoms with E-state index in [9.17, 15) is 19.7 Å². The van der Waals surface area contributed by atoms with E-state index in [0.717, 1.165) is 6.07 Å². The normalized spacial score (nSPS) is 10.7. The molecule has 0 spiro atoms. The fraction of sp³-hybridized carbons (Fsp3) is 0.333. The van der Waals surface area contributed by atoms with Crippen LogP contribution in [-0.2, 0) is 9.53 Å². The first-order valence-corrected chi connectivity index (χ1v) is 5.33. The number of aldehydes is 1. The molecule has 0 aromatic heterocycles. The van der Waals surface area contributed by atoms with Gasteiger partial charge in [-0.2, -0.15) is 0 Å². The van der Waals surface area contributed by atoms with Crippen LogP contribution in [0.2, 0.25) is 0 Å². The Morgan fingerprint density at radius 3 is 2.53 bits per heavy atom. The molecule has 0 unspecified atom stereocenters. The van der Waals surface area contributed by atoms with Crippen molar-refractivity contribution in [3.05, 3.63) is 33.9 Å². The number of carbonyl (C=O) groups is 2. The monoisotopic (exact) mass is 267 g/mol. The van der Waals surface area contributed by atoms with Gasteiger partial charge in [0.1, 0.15) is 6.29 Å². The molecule has 0 saturated heterocycles. The Morgan fingerprint density at radius 1 is 1.42 bits per heavy atom. The van der Waals surface area contributed by atoms with Gasteiger partial charge in [0.25, 0.3) is 0 Å². The summed E-state index contributed by atoms with van der Waals surface area (Å²) in [6.45, 7) is 2.83. The first kappa shape index (κ1) is 14.6. The summed E-state index contributed by atoms with van der Waals surface area (Å²) >= 11 is 0. The number of ether oxygens (including phenoxy) is 2. The van der Waals surface area contributed by atoms with Crippen molar-refractivity contribution >= 4 is 17.9 Å². The molecular weight excluding hydrogens is 254 g/mol. The Balaban J connectivity index is 3.21. The van der Waals surface area contributed by atoms with Gasteiger partial charge in [0, 0.05) is 11.6 Å². The third-order valence-electron chi connectivity index (χ3n) is 2.36. The van der Waals surface area contributed by atoms with Crippen LogP contribution in [0, 0.1) is 10.1 Å². The molecule has 1 aromatic carbocycles. The molecule has 0 bridgehead atoms. The van der Waals surface area contributed by atoms with Gasteiger partial charge in [0.15, 0.2) is 5.75 Å². The number of rotatable bonds is 5. The largest absolute Gasteiger partial charge is 0.469 e. The Hall–Kier alpha value is -2.44. The van der Waals surface area contributed by atoms with Crippen molar-refractivity contribution < 1.29 is 24.0 Å². The minimum atomic E-state index is -1.40. The van der Waals surface area contributed by atoms with Gasteiger partial charge in [0.2, 0.25) is 5.60 Å². The van der Waals surface area contributed by atoms with Crippen LogP contribution in [0.4, 0.5) is 5.69 Å². The fourth-order valence-electron chi connectivity index (χ4n) is 1.40. The molecule has 0 fully saturated rings. The van der Waals surface area contributed by atoms with Gasteiger partial charge in [-0.3, -0.25) is 14.9 Å². The number of nitro groups is 1. The Bertz CT molecular complexity index is 523. The maximum Gasteiger partial charge on any atom is 0.349 e. The van der Waals surface area contributed by atoms with E-state index in [1.54, 1.807) is 0 Å². The van der Waals surface area contributed by atoms with Crippen LogP contribution in [0.1, 0.15) is 24.2 Å². The van der Waals surface area contributed by atoms with E-state index < -0.39 is 16.5 Å². The van der Waals surface area contributed by atoms with Gasteiger partial charge in [-0.25, -0.2) is 4.79 Å². The number of carbonyl (C=O) groups excluding carboxylic acids is 2. The van der Waals surface area contributed by atoms with E-state index in [1.807, 2.05) is 0 Å². The highest BCUT2D eigenvalue weighted by atomic mass is 16.6. The molecule has 0 amide bonds. The molecule has 0 radical (unpaired) electrons. The quantitative estimate of drug-likeness (QED) is 0.349. The van der Waals surface area contributed by atoms with Gasteiger partial charge in [0.05, 0.1) is 12.0 Å². The highest BCUT2D eigenvalue weighted by Gasteiger charge is 2.33. The Labute approximate surface area is 109 Å². The lowest BCUT2D eigenvalue weighted by Gasteiger charge is -2.23. The van der Waals surface area contributed by atoms with Gasteiger partial charge in [-0.1, -0.05) is 0 Å². The average Bonchev–Trinajstić information content (AvgIpc) is 2.36. The lowest BCUT2D eigenvalue weighted by Crippen LogP contribution is -2.39. The highest BCUT2D eigenvalue weighted by molar-refractivity contribution is 5.80. The number of esters is 1. The third-order valence-corrected chi connectivity index (χ3v) is 2.36. The molecule has 0 aliphatic heterocycles. The van der Waals surface area contributed by atoms with E-state index >= 15 is 0 Å². The maximum atomic E-state index is 11.5. The lowest BCUT2D eigenvalue weighted by molar-refractivity contribution is -0.386. The predicted octanol–water partition coefficient (Wildman–Crippen LogP) is 1.74. The van der Waals surface area contributed by atoms with Crippen molar-refractivity contribution in [1.82, 2.24) is 0 Å². The molecule has 19 heavy (non-hydrogen) atoms. The van der Waals surface area contributed by atoms with Gasteiger partial charge in [-0.15, -0.1) is 0 Å². The maximum absolute atomic E-state index is 11.5. The molecule has 1 rings (SSSR count). The van der Waals surface area contributed by atoms with E-state index in [-0.39, 0.29) is 17.0 Å². The number of nitro benzene ring substituents is 1. The van der Waals surface area contributed by atoms with Crippen LogP contribution in [0.5, 0.6) is 5.75 Å². The van der Waals surface area contributed by atoms with Gasteiger partial charge < -0.3 is 9.47 Å². The number of methoxy groups -OCH3 is 1. The zero-order valence-corrected chi connectivity index (χ0v) is 10.7. The molecule has 0 saturated carbocycles.